The summed E-state index contributed by atoms with van der Waals surface area (Å²) in [5, 5.41) is 0. The molecule has 0 aromatic carbocycles. The average Bonchev–Trinajstić information content (AvgIpc) is 2.97. The Bertz CT molecular complexity index is 473. The van der Waals surface area contributed by atoms with Gasteiger partial charge in [-0.2, -0.15) is 0 Å². The third kappa shape index (κ3) is 3.25. The molecule has 21 heavy (non-hydrogen) atoms. The third-order valence-corrected chi connectivity index (χ3v) is 5.13. The Morgan fingerprint density at radius 1 is 0.619 bits per heavy atom. The second-order valence-corrected chi connectivity index (χ2v) is 9.34. The van der Waals surface area contributed by atoms with Crippen LogP contribution in [0.5, 0.6) is 0 Å². The van der Waals surface area contributed by atoms with Gasteiger partial charge in [-0.05, 0) is 27.4 Å². The van der Waals surface area contributed by atoms with Crippen LogP contribution in [0, 0.1) is 28.1 Å². The Morgan fingerprint density at radius 2 is 0.952 bits per heavy atom. The van der Waals surface area contributed by atoms with Gasteiger partial charge in [-0.3, -0.25) is 0 Å². The fraction of sp³-hybridized carbons (Fsp3) is 0.619. The van der Waals surface area contributed by atoms with Gasteiger partial charge in [-0.1, -0.05) is 91.8 Å². The summed E-state index contributed by atoms with van der Waals surface area (Å²) in [6.07, 6.45) is 14.4. The van der Waals surface area contributed by atoms with Crippen molar-refractivity contribution in [2.75, 3.05) is 0 Å². The summed E-state index contributed by atoms with van der Waals surface area (Å²) < 4.78 is 0. The first-order valence-electron chi connectivity index (χ1n) is 8.23. The fourth-order valence-electron chi connectivity index (χ4n) is 3.17. The van der Waals surface area contributed by atoms with Crippen LogP contribution in [-0.2, 0) is 0 Å². The van der Waals surface area contributed by atoms with Crippen molar-refractivity contribution in [2.45, 2.75) is 55.4 Å². The van der Waals surface area contributed by atoms with Crippen molar-refractivity contribution in [3.63, 3.8) is 0 Å². The Morgan fingerprint density at radius 3 is 1.19 bits per heavy atom. The Kier molecular flexibility index (Phi) is 3.89. The summed E-state index contributed by atoms with van der Waals surface area (Å²) in [6, 6.07) is 0. The Hall–Kier alpha value is -1.04. The van der Waals surface area contributed by atoms with E-state index in [2.05, 4.69) is 91.8 Å². The van der Waals surface area contributed by atoms with Crippen LogP contribution in [0.2, 0.25) is 0 Å². The highest BCUT2D eigenvalue weighted by molar-refractivity contribution is 5.39. The molecule has 0 unspecified atom stereocenters. The SMILES string of the molecule is CC(C)(C)C1=C[C@H](C(C)(C)[C@@H]2C=CC(C(C)(C)C)=C2)C=C1. The highest BCUT2D eigenvalue weighted by Crippen LogP contribution is 2.47. The van der Waals surface area contributed by atoms with Gasteiger partial charge in [0.15, 0.2) is 0 Å². The van der Waals surface area contributed by atoms with E-state index in [1.807, 2.05) is 0 Å². The van der Waals surface area contributed by atoms with Gasteiger partial charge in [0, 0.05) is 11.8 Å². The molecule has 0 N–H and O–H groups in total. The molecule has 116 valence electrons. The van der Waals surface area contributed by atoms with E-state index in [-0.39, 0.29) is 16.2 Å². The van der Waals surface area contributed by atoms with Crippen molar-refractivity contribution in [2.24, 2.45) is 28.1 Å². The molecule has 2 rings (SSSR count). The zero-order valence-corrected chi connectivity index (χ0v) is 15.1. The van der Waals surface area contributed by atoms with E-state index in [0.717, 1.165) is 0 Å². The van der Waals surface area contributed by atoms with Crippen LogP contribution in [-0.4, -0.2) is 0 Å². The second kappa shape index (κ2) is 5.00. The molecule has 0 heterocycles. The van der Waals surface area contributed by atoms with Crippen molar-refractivity contribution in [3.8, 4) is 0 Å². The highest BCUT2D eigenvalue weighted by Gasteiger charge is 2.37. The van der Waals surface area contributed by atoms with Crippen molar-refractivity contribution < 1.29 is 0 Å². The lowest BCUT2D eigenvalue weighted by Gasteiger charge is -2.34. The minimum Gasteiger partial charge on any atom is -0.0768 e. The molecule has 0 bridgehead atoms. The van der Waals surface area contributed by atoms with E-state index in [0.29, 0.717) is 11.8 Å². The summed E-state index contributed by atoms with van der Waals surface area (Å²) in [5.41, 5.74) is 3.68. The van der Waals surface area contributed by atoms with Gasteiger partial charge in [-0.15, -0.1) is 0 Å². The first-order valence-corrected chi connectivity index (χ1v) is 8.23. The van der Waals surface area contributed by atoms with Crippen LogP contribution in [0.3, 0.4) is 0 Å². The monoisotopic (exact) mass is 284 g/mol. The molecule has 0 aromatic heterocycles. The van der Waals surface area contributed by atoms with Crippen LogP contribution in [0.15, 0.2) is 47.6 Å². The lowest BCUT2D eigenvalue weighted by atomic mass is 9.69. The van der Waals surface area contributed by atoms with Gasteiger partial charge in [0.05, 0.1) is 0 Å². The van der Waals surface area contributed by atoms with E-state index < -0.39 is 0 Å². The summed E-state index contributed by atoms with van der Waals surface area (Å²) in [6.45, 7) is 18.6. The molecule has 2 aliphatic rings. The molecule has 0 saturated heterocycles. The van der Waals surface area contributed by atoms with Crippen LogP contribution in [0.25, 0.3) is 0 Å². The quantitative estimate of drug-likeness (QED) is 0.556. The molecule has 0 nitrogen and oxygen atoms in total. The predicted molar refractivity (Wildman–Crippen MR) is 94.1 cm³/mol. The minimum absolute atomic E-state index is 0.229. The van der Waals surface area contributed by atoms with Crippen LogP contribution in [0.1, 0.15) is 55.4 Å². The smallest absolute Gasteiger partial charge is 0.00156 e. The highest BCUT2D eigenvalue weighted by atomic mass is 14.4. The lowest BCUT2D eigenvalue weighted by molar-refractivity contribution is 0.251. The van der Waals surface area contributed by atoms with Gasteiger partial charge >= 0.3 is 0 Å². The summed E-state index contributed by atoms with van der Waals surface area (Å²) in [4.78, 5) is 0. The van der Waals surface area contributed by atoms with Gasteiger partial charge in [0.25, 0.3) is 0 Å². The second-order valence-electron chi connectivity index (χ2n) is 9.34. The van der Waals surface area contributed by atoms with E-state index >= 15 is 0 Å². The van der Waals surface area contributed by atoms with E-state index in [9.17, 15) is 0 Å². The van der Waals surface area contributed by atoms with Crippen LogP contribution in [0.4, 0.5) is 0 Å². The fourth-order valence-corrected chi connectivity index (χ4v) is 3.17. The maximum Gasteiger partial charge on any atom is 0.00156 e. The topological polar surface area (TPSA) is 0 Å². The van der Waals surface area contributed by atoms with Gasteiger partial charge < -0.3 is 0 Å². The number of hydrogen-bond donors (Lipinski definition) is 0. The number of allylic oxidation sites excluding steroid dienone is 8. The molecule has 0 aliphatic heterocycles. The van der Waals surface area contributed by atoms with E-state index in [1.54, 1.807) is 0 Å². The third-order valence-electron chi connectivity index (χ3n) is 5.13. The molecule has 0 spiro atoms. The average molecular weight is 284 g/mol. The van der Waals surface area contributed by atoms with Crippen molar-refractivity contribution in [3.05, 3.63) is 47.6 Å². The molecule has 2 atom stereocenters. The van der Waals surface area contributed by atoms with Crippen molar-refractivity contribution >= 4 is 0 Å². The molecule has 0 aromatic rings. The van der Waals surface area contributed by atoms with Gasteiger partial charge in [-0.25, -0.2) is 0 Å². The Balaban J connectivity index is 2.23. The van der Waals surface area contributed by atoms with Gasteiger partial charge in [0.1, 0.15) is 0 Å². The van der Waals surface area contributed by atoms with Crippen LogP contribution < -0.4 is 0 Å². The minimum atomic E-state index is 0.229. The summed E-state index contributed by atoms with van der Waals surface area (Å²) in [7, 11) is 0. The number of rotatable bonds is 2. The van der Waals surface area contributed by atoms with Crippen molar-refractivity contribution in [1.82, 2.24) is 0 Å². The molecule has 0 radical (unpaired) electrons. The van der Waals surface area contributed by atoms with E-state index in [4.69, 9.17) is 0 Å². The standard InChI is InChI=1S/C21H32/c1-19(2,3)15-9-11-17(13-15)21(7,8)18-12-10-16(14-18)20(4,5)6/h9-14,17-18H,1-8H3/t17-,18-/m1/s1. The maximum absolute atomic E-state index is 2.48. The normalized spacial score (nSPS) is 26.3. The zero-order chi connectivity index (χ0) is 16.1. The molecular formula is C21H32. The summed E-state index contributed by atoms with van der Waals surface area (Å²) in [5.74, 6) is 1.05. The maximum atomic E-state index is 2.48. The zero-order valence-electron chi connectivity index (χ0n) is 15.1. The first kappa shape index (κ1) is 16.3. The molecule has 0 heteroatoms. The Labute approximate surface area is 131 Å². The molecule has 0 saturated carbocycles. The lowest BCUT2D eigenvalue weighted by Crippen LogP contribution is -2.27. The van der Waals surface area contributed by atoms with Crippen LogP contribution >= 0.6 is 0 Å². The largest absolute Gasteiger partial charge is 0.0768 e. The molecule has 0 amide bonds. The molecular weight excluding hydrogens is 252 g/mol. The first-order chi connectivity index (χ1) is 9.42. The molecule has 2 aliphatic carbocycles. The van der Waals surface area contributed by atoms with E-state index in [1.165, 1.54) is 11.1 Å². The van der Waals surface area contributed by atoms with Crippen molar-refractivity contribution in [1.29, 1.82) is 0 Å². The van der Waals surface area contributed by atoms with Gasteiger partial charge in [0.2, 0.25) is 0 Å². The number of hydrogen-bond acceptors (Lipinski definition) is 0. The predicted octanol–water partition coefficient (Wildman–Crippen LogP) is 6.33. The molecule has 0 fully saturated rings. The summed E-state index contributed by atoms with van der Waals surface area (Å²) >= 11 is 0.